The number of hydrogen-bond donors (Lipinski definition) is 1. The number of carbonyl (C=O) groups excluding carboxylic acids is 2. The Morgan fingerprint density at radius 1 is 0.750 bits per heavy atom. The Bertz CT molecular complexity index is 1240. The van der Waals surface area contributed by atoms with E-state index in [0.29, 0.717) is 42.9 Å². The van der Waals surface area contributed by atoms with Crippen molar-refractivity contribution < 1.29 is 22.8 Å². The minimum Gasteiger partial charge on any atom is -0.337 e. The molecule has 0 aromatic heterocycles. The summed E-state index contributed by atoms with van der Waals surface area (Å²) >= 11 is 0. The Hall–Kier alpha value is -3.65. The van der Waals surface area contributed by atoms with E-state index in [4.69, 9.17) is 0 Å². The van der Waals surface area contributed by atoms with Crippen LogP contribution in [-0.4, -0.2) is 59.9 Å². The first-order chi connectivity index (χ1) is 17.3. The predicted octanol–water partition coefficient (Wildman–Crippen LogP) is 4.70. The van der Waals surface area contributed by atoms with Crippen molar-refractivity contribution in [3.8, 4) is 11.1 Å². The summed E-state index contributed by atoms with van der Waals surface area (Å²) in [6, 6.07) is 21.9. The molecule has 0 spiro atoms. The Kier molecular flexibility index (Phi) is 6.53. The number of halogens is 3. The van der Waals surface area contributed by atoms with Crippen LogP contribution in [-0.2, 0) is 6.18 Å². The molecule has 36 heavy (non-hydrogen) atoms. The summed E-state index contributed by atoms with van der Waals surface area (Å²) in [5.41, 5.74) is 0.472. The Balaban J connectivity index is 1.20. The van der Waals surface area contributed by atoms with E-state index >= 15 is 0 Å². The highest BCUT2D eigenvalue weighted by atomic mass is 19.4. The van der Waals surface area contributed by atoms with Gasteiger partial charge in [0.2, 0.25) is 0 Å². The molecule has 2 fully saturated rings. The van der Waals surface area contributed by atoms with Gasteiger partial charge in [0.05, 0.1) is 11.1 Å². The molecule has 5 rings (SSSR count). The van der Waals surface area contributed by atoms with Gasteiger partial charge in [-0.1, -0.05) is 54.6 Å². The van der Waals surface area contributed by atoms with Crippen LogP contribution in [0.5, 0.6) is 0 Å². The van der Waals surface area contributed by atoms with E-state index in [1.807, 2.05) is 18.2 Å². The first-order valence-electron chi connectivity index (χ1n) is 12.0. The van der Waals surface area contributed by atoms with E-state index in [1.54, 1.807) is 53.4 Å². The molecule has 3 aromatic rings. The topological polar surface area (TPSA) is 52.7 Å². The summed E-state index contributed by atoms with van der Waals surface area (Å²) in [6.45, 7) is 1.88. The van der Waals surface area contributed by atoms with E-state index in [9.17, 15) is 22.8 Å². The number of nitrogens with zero attached hydrogens (tertiary/aromatic N) is 2. The molecule has 0 aliphatic carbocycles. The maximum absolute atomic E-state index is 13.8. The zero-order valence-corrected chi connectivity index (χ0v) is 19.5. The van der Waals surface area contributed by atoms with Gasteiger partial charge >= 0.3 is 6.18 Å². The highest BCUT2D eigenvalue weighted by molar-refractivity contribution is 5.97. The van der Waals surface area contributed by atoms with Gasteiger partial charge in [-0.2, -0.15) is 13.2 Å². The zero-order chi connectivity index (χ0) is 25.3. The molecule has 0 saturated carbocycles. The van der Waals surface area contributed by atoms with E-state index in [-0.39, 0.29) is 23.6 Å². The van der Waals surface area contributed by atoms with Gasteiger partial charge in [0.15, 0.2) is 0 Å². The SMILES string of the molecule is O=C(c1ccccc1)N1CCC(NC2CN(C(=O)c3ccc(-c4ccccc4)cc3C(F)(F)F)C2)C1. The van der Waals surface area contributed by atoms with Crippen LogP contribution < -0.4 is 5.32 Å². The molecular formula is C28H26F3N3O2. The lowest BCUT2D eigenvalue weighted by Gasteiger charge is -2.41. The predicted molar refractivity (Wildman–Crippen MR) is 130 cm³/mol. The maximum Gasteiger partial charge on any atom is 0.417 e. The smallest absolute Gasteiger partial charge is 0.337 e. The van der Waals surface area contributed by atoms with Gasteiger partial charge < -0.3 is 15.1 Å². The number of rotatable bonds is 5. The highest BCUT2D eigenvalue weighted by Crippen LogP contribution is 2.36. The van der Waals surface area contributed by atoms with Crippen molar-refractivity contribution in [2.24, 2.45) is 0 Å². The molecule has 2 heterocycles. The first kappa shape index (κ1) is 24.1. The molecule has 2 amide bonds. The molecule has 0 radical (unpaired) electrons. The largest absolute Gasteiger partial charge is 0.417 e. The fourth-order valence-corrected chi connectivity index (χ4v) is 4.87. The number of likely N-dealkylation sites (tertiary alicyclic amines) is 2. The van der Waals surface area contributed by atoms with Gasteiger partial charge in [0, 0.05) is 43.8 Å². The van der Waals surface area contributed by atoms with Gasteiger partial charge in [0.1, 0.15) is 0 Å². The quantitative estimate of drug-likeness (QED) is 0.561. The van der Waals surface area contributed by atoms with Crippen molar-refractivity contribution in [1.29, 1.82) is 0 Å². The monoisotopic (exact) mass is 493 g/mol. The Morgan fingerprint density at radius 3 is 2.06 bits per heavy atom. The van der Waals surface area contributed by atoms with Gasteiger partial charge in [-0.3, -0.25) is 9.59 Å². The van der Waals surface area contributed by atoms with Crippen LogP contribution in [0.1, 0.15) is 32.7 Å². The minimum absolute atomic E-state index is 0.0102. The van der Waals surface area contributed by atoms with Crippen LogP contribution in [0.15, 0.2) is 78.9 Å². The van der Waals surface area contributed by atoms with Crippen molar-refractivity contribution in [2.75, 3.05) is 26.2 Å². The molecule has 1 N–H and O–H groups in total. The van der Waals surface area contributed by atoms with Crippen LogP contribution in [0.2, 0.25) is 0 Å². The third-order valence-electron chi connectivity index (χ3n) is 6.80. The van der Waals surface area contributed by atoms with Gasteiger partial charge in [0.25, 0.3) is 11.8 Å². The zero-order valence-electron chi connectivity index (χ0n) is 19.5. The molecule has 8 heteroatoms. The maximum atomic E-state index is 13.8. The molecule has 3 aromatic carbocycles. The first-order valence-corrected chi connectivity index (χ1v) is 12.0. The van der Waals surface area contributed by atoms with Crippen LogP contribution in [0.25, 0.3) is 11.1 Å². The van der Waals surface area contributed by atoms with Gasteiger partial charge in [-0.05, 0) is 41.8 Å². The molecule has 2 aliphatic rings. The average molecular weight is 494 g/mol. The lowest BCUT2D eigenvalue weighted by atomic mass is 9.96. The number of nitrogens with one attached hydrogen (secondary N) is 1. The van der Waals surface area contributed by atoms with Crippen LogP contribution in [0.3, 0.4) is 0 Å². The molecule has 186 valence electrons. The number of amides is 2. The minimum atomic E-state index is -4.64. The molecule has 2 saturated heterocycles. The average Bonchev–Trinajstić information content (AvgIpc) is 3.34. The fraction of sp³-hybridized carbons (Fsp3) is 0.286. The summed E-state index contributed by atoms with van der Waals surface area (Å²) in [4.78, 5) is 28.9. The Labute approximate surface area is 207 Å². The summed E-state index contributed by atoms with van der Waals surface area (Å²) < 4.78 is 41.5. The molecule has 1 atom stereocenters. The highest BCUT2D eigenvalue weighted by Gasteiger charge is 2.40. The van der Waals surface area contributed by atoms with Crippen LogP contribution in [0, 0.1) is 0 Å². The lowest BCUT2D eigenvalue weighted by molar-refractivity contribution is -0.138. The second-order valence-electron chi connectivity index (χ2n) is 9.30. The van der Waals surface area contributed by atoms with Crippen molar-refractivity contribution in [2.45, 2.75) is 24.7 Å². The normalized spacial score (nSPS) is 18.2. The molecule has 0 bridgehead atoms. The van der Waals surface area contributed by atoms with Crippen LogP contribution >= 0.6 is 0 Å². The lowest BCUT2D eigenvalue weighted by Crippen LogP contribution is -2.62. The third kappa shape index (κ3) is 4.99. The van der Waals surface area contributed by atoms with Crippen molar-refractivity contribution in [3.63, 3.8) is 0 Å². The number of alkyl halides is 3. The van der Waals surface area contributed by atoms with E-state index in [1.165, 1.54) is 11.0 Å². The standard InChI is InChI=1S/C28H26F3N3O2/c29-28(30,31)25-15-21(19-7-3-1-4-8-19)11-12-24(25)27(36)34-17-23(18-34)32-22-13-14-33(16-22)26(35)20-9-5-2-6-10-20/h1-12,15,22-23,32H,13-14,16-18H2. The fourth-order valence-electron chi connectivity index (χ4n) is 4.87. The van der Waals surface area contributed by atoms with Crippen molar-refractivity contribution in [1.82, 2.24) is 15.1 Å². The second kappa shape index (κ2) is 9.78. The summed E-state index contributed by atoms with van der Waals surface area (Å²) in [5, 5.41) is 3.45. The molecular weight excluding hydrogens is 467 g/mol. The summed E-state index contributed by atoms with van der Waals surface area (Å²) in [5.74, 6) is -0.628. The Morgan fingerprint density at radius 2 is 1.39 bits per heavy atom. The van der Waals surface area contributed by atoms with E-state index in [0.717, 1.165) is 12.5 Å². The van der Waals surface area contributed by atoms with Gasteiger partial charge in [-0.15, -0.1) is 0 Å². The summed E-state index contributed by atoms with van der Waals surface area (Å²) in [6.07, 6.45) is -3.85. The summed E-state index contributed by atoms with van der Waals surface area (Å²) in [7, 11) is 0. The number of hydrogen-bond acceptors (Lipinski definition) is 3. The number of benzene rings is 3. The van der Waals surface area contributed by atoms with Crippen molar-refractivity contribution >= 4 is 11.8 Å². The van der Waals surface area contributed by atoms with Gasteiger partial charge in [-0.25, -0.2) is 0 Å². The van der Waals surface area contributed by atoms with Crippen molar-refractivity contribution in [3.05, 3.63) is 95.6 Å². The third-order valence-corrected chi connectivity index (χ3v) is 6.80. The molecule has 5 nitrogen and oxygen atoms in total. The molecule has 1 unspecified atom stereocenters. The second-order valence-corrected chi connectivity index (χ2v) is 9.30. The van der Waals surface area contributed by atoms with Crippen LogP contribution in [0.4, 0.5) is 13.2 Å². The number of carbonyl (C=O) groups is 2. The van der Waals surface area contributed by atoms with E-state index in [2.05, 4.69) is 5.32 Å². The molecule has 2 aliphatic heterocycles. The van der Waals surface area contributed by atoms with E-state index < -0.39 is 17.6 Å².